The molecular formula is C24H25N5O. The average Bonchev–Trinajstić information content (AvgIpc) is 3.08. The number of hydrogen-bond acceptors (Lipinski definition) is 5. The normalized spacial score (nSPS) is 19.5. The van der Waals surface area contributed by atoms with E-state index in [9.17, 15) is 4.79 Å². The Hall–Kier alpha value is -3.41. The van der Waals surface area contributed by atoms with E-state index in [2.05, 4.69) is 44.5 Å². The molecule has 30 heavy (non-hydrogen) atoms. The number of fused-ring (bicyclic) bond motifs is 2. The van der Waals surface area contributed by atoms with Crippen LogP contribution in [0.3, 0.4) is 0 Å². The Morgan fingerprint density at radius 1 is 1.03 bits per heavy atom. The highest BCUT2D eigenvalue weighted by molar-refractivity contribution is 5.92. The number of amides is 1. The number of nitrogens with zero attached hydrogens (tertiary/aromatic N) is 3. The summed E-state index contributed by atoms with van der Waals surface area (Å²) in [5.41, 5.74) is 9.83. The number of anilines is 2. The van der Waals surface area contributed by atoms with E-state index in [1.165, 1.54) is 11.1 Å². The third-order valence-electron chi connectivity index (χ3n) is 6.52. The van der Waals surface area contributed by atoms with Crippen molar-refractivity contribution in [3.8, 4) is 0 Å². The van der Waals surface area contributed by atoms with Gasteiger partial charge in [-0.05, 0) is 48.6 Å². The number of piperidine rings is 1. The molecule has 3 heterocycles. The van der Waals surface area contributed by atoms with Gasteiger partial charge in [0.05, 0.1) is 6.04 Å². The van der Waals surface area contributed by atoms with Gasteiger partial charge in [-0.25, -0.2) is 4.98 Å². The van der Waals surface area contributed by atoms with E-state index < -0.39 is 0 Å². The predicted octanol–water partition coefficient (Wildman–Crippen LogP) is 3.47. The molecular weight excluding hydrogens is 374 g/mol. The van der Waals surface area contributed by atoms with Gasteiger partial charge in [-0.1, -0.05) is 30.3 Å². The van der Waals surface area contributed by atoms with Gasteiger partial charge in [0.1, 0.15) is 11.5 Å². The molecule has 0 radical (unpaired) electrons. The summed E-state index contributed by atoms with van der Waals surface area (Å²) in [6.45, 7) is 1.84. The molecule has 1 aromatic carbocycles. The standard InChI is InChI=1S/C24H25N5O/c25-17-8-12-27-22(15-17)29-13-9-24(10-14-29)16-21(18-5-1-2-6-19(18)24)28-23(30)20-7-3-4-11-26-20/h1-8,11-12,15,21H,9-10,13-14,16H2,(H2,25,27)(H,28,30). The summed E-state index contributed by atoms with van der Waals surface area (Å²) in [5, 5.41) is 3.23. The van der Waals surface area contributed by atoms with Gasteiger partial charge < -0.3 is 16.0 Å². The quantitative estimate of drug-likeness (QED) is 0.705. The third kappa shape index (κ3) is 3.28. The Morgan fingerprint density at radius 3 is 2.60 bits per heavy atom. The molecule has 0 saturated carbocycles. The summed E-state index contributed by atoms with van der Waals surface area (Å²) in [6.07, 6.45) is 6.39. The van der Waals surface area contributed by atoms with E-state index in [0.29, 0.717) is 5.69 Å². The maximum absolute atomic E-state index is 12.7. The zero-order valence-corrected chi connectivity index (χ0v) is 16.8. The van der Waals surface area contributed by atoms with Crippen molar-refractivity contribution in [2.45, 2.75) is 30.7 Å². The van der Waals surface area contributed by atoms with E-state index in [1.54, 1.807) is 18.5 Å². The number of nitrogens with one attached hydrogen (secondary N) is 1. The summed E-state index contributed by atoms with van der Waals surface area (Å²) in [5.74, 6) is 0.824. The maximum atomic E-state index is 12.7. The fraction of sp³-hybridized carbons (Fsp3) is 0.292. The van der Waals surface area contributed by atoms with Gasteiger partial charge in [0.2, 0.25) is 0 Å². The molecule has 1 unspecified atom stereocenters. The molecule has 5 rings (SSSR count). The smallest absolute Gasteiger partial charge is 0.270 e. The van der Waals surface area contributed by atoms with Gasteiger partial charge in [0.15, 0.2) is 0 Å². The first-order valence-corrected chi connectivity index (χ1v) is 10.4. The number of rotatable bonds is 3. The minimum Gasteiger partial charge on any atom is -0.399 e. The summed E-state index contributed by atoms with van der Waals surface area (Å²) < 4.78 is 0. The summed E-state index contributed by atoms with van der Waals surface area (Å²) in [7, 11) is 0. The minimum atomic E-state index is -0.117. The predicted molar refractivity (Wildman–Crippen MR) is 117 cm³/mol. The van der Waals surface area contributed by atoms with Crippen molar-refractivity contribution in [1.29, 1.82) is 0 Å². The molecule has 6 nitrogen and oxygen atoms in total. The molecule has 1 aliphatic heterocycles. The number of hydrogen-bond donors (Lipinski definition) is 2. The number of nitrogen functional groups attached to an aromatic ring is 1. The highest BCUT2D eigenvalue weighted by atomic mass is 16.1. The Bertz CT molecular complexity index is 1060. The molecule has 1 aliphatic carbocycles. The van der Waals surface area contributed by atoms with Crippen molar-refractivity contribution in [2.24, 2.45) is 0 Å². The van der Waals surface area contributed by atoms with Gasteiger partial charge >= 0.3 is 0 Å². The molecule has 2 aromatic heterocycles. The van der Waals surface area contributed by atoms with Crippen molar-refractivity contribution in [2.75, 3.05) is 23.7 Å². The summed E-state index contributed by atoms with van der Waals surface area (Å²) in [4.78, 5) is 23.7. The molecule has 1 atom stereocenters. The van der Waals surface area contributed by atoms with E-state index in [4.69, 9.17) is 5.73 Å². The second kappa shape index (κ2) is 7.44. The highest BCUT2D eigenvalue weighted by Crippen LogP contribution is 2.51. The average molecular weight is 399 g/mol. The number of carbonyl (C=O) groups is 1. The third-order valence-corrected chi connectivity index (χ3v) is 6.52. The lowest BCUT2D eigenvalue weighted by molar-refractivity contribution is 0.0926. The van der Waals surface area contributed by atoms with E-state index in [1.807, 2.05) is 24.3 Å². The lowest BCUT2D eigenvalue weighted by atomic mass is 9.73. The number of benzene rings is 1. The van der Waals surface area contributed by atoms with E-state index in [-0.39, 0.29) is 17.4 Å². The molecule has 1 spiro atoms. The molecule has 152 valence electrons. The second-order valence-corrected chi connectivity index (χ2v) is 8.25. The number of pyridine rings is 2. The summed E-state index contributed by atoms with van der Waals surface area (Å²) >= 11 is 0. The number of nitrogens with two attached hydrogens (primary N) is 1. The fourth-order valence-corrected chi connectivity index (χ4v) is 5.00. The van der Waals surface area contributed by atoms with Crippen LogP contribution in [0.2, 0.25) is 0 Å². The molecule has 1 amide bonds. The Kier molecular flexibility index (Phi) is 4.62. The van der Waals surface area contributed by atoms with Crippen molar-refractivity contribution in [3.63, 3.8) is 0 Å². The van der Waals surface area contributed by atoms with Crippen molar-refractivity contribution < 1.29 is 4.79 Å². The van der Waals surface area contributed by atoms with Crippen LogP contribution in [0.15, 0.2) is 67.0 Å². The van der Waals surface area contributed by atoms with E-state index >= 15 is 0 Å². The van der Waals surface area contributed by atoms with Crippen LogP contribution < -0.4 is 16.0 Å². The van der Waals surface area contributed by atoms with Crippen LogP contribution in [0.5, 0.6) is 0 Å². The molecule has 0 bridgehead atoms. The van der Waals surface area contributed by atoms with Crippen LogP contribution in [-0.2, 0) is 5.41 Å². The number of carbonyl (C=O) groups excluding carboxylic acids is 1. The van der Waals surface area contributed by atoms with Gasteiger partial charge in [-0.15, -0.1) is 0 Å². The highest BCUT2D eigenvalue weighted by Gasteiger charge is 2.45. The molecule has 1 fully saturated rings. The molecule has 3 aromatic rings. The zero-order chi connectivity index (χ0) is 20.6. The Morgan fingerprint density at radius 2 is 1.83 bits per heavy atom. The van der Waals surface area contributed by atoms with Gasteiger partial charge in [0.25, 0.3) is 5.91 Å². The molecule has 2 aliphatic rings. The van der Waals surface area contributed by atoms with Gasteiger partial charge in [-0.3, -0.25) is 9.78 Å². The number of aromatic nitrogens is 2. The van der Waals surface area contributed by atoms with Crippen LogP contribution in [-0.4, -0.2) is 29.0 Å². The molecule has 6 heteroatoms. The monoisotopic (exact) mass is 399 g/mol. The fourth-order valence-electron chi connectivity index (χ4n) is 5.00. The van der Waals surface area contributed by atoms with Crippen LogP contribution in [0, 0.1) is 0 Å². The van der Waals surface area contributed by atoms with Gasteiger partial charge in [-0.2, -0.15) is 0 Å². The van der Waals surface area contributed by atoms with Crippen LogP contribution in [0.1, 0.15) is 46.9 Å². The van der Waals surface area contributed by atoms with Crippen LogP contribution in [0.25, 0.3) is 0 Å². The Balaban J connectivity index is 1.36. The van der Waals surface area contributed by atoms with Crippen molar-refractivity contribution in [1.82, 2.24) is 15.3 Å². The first-order chi connectivity index (χ1) is 14.6. The topological polar surface area (TPSA) is 84.1 Å². The maximum Gasteiger partial charge on any atom is 0.270 e. The van der Waals surface area contributed by atoms with Crippen LogP contribution in [0.4, 0.5) is 11.5 Å². The lowest BCUT2D eigenvalue weighted by Crippen LogP contribution is -2.42. The molecule has 1 saturated heterocycles. The lowest BCUT2D eigenvalue weighted by Gasteiger charge is -2.41. The summed E-state index contributed by atoms with van der Waals surface area (Å²) in [6, 6.07) is 17.7. The van der Waals surface area contributed by atoms with Crippen LogP contribution >= 0.6 is 0 Å². The SMILES string of the molecule is Nc1ccnc(N2CCC3(CC2)CC(NC(=O)c2ccccn2)c2ccccc23)c1. The Labute approximate surface area is 176 Å². The first kappa shape index (κ1) is 18.6. The van der Waals surface area contributed by atoms with E-state index in [0.717, 1.165) is 43.9 Å². The van der Waals surface area contributed by atoms with Crippen molar-refractivity contribution >= 4 is 17.4 Å². The second-order valence-electron chi connectivity index (χ2n) is 8.25. The first-order valence-electron chi connectivity index (χ1n) is 10.4. The zero-order valence-electron chi connectivity index (χ0n) is 16.8. The molecule has 3 N–H and O–H groups in total. The minimum absolute atomic E-state index is 0.00718. The van der Waals surface area contributed by atoms with Crippen molar-refractivity contribution in [3.05, 3.63) is 83.8 Å². The van der Waals surface area contributed by atoms with Gasteiger partial charge in [0, 0.05) is 42.7 Å². The largest absolute Gasteiger partial charge is 0.399 e.